The van der Waals surface area contributed by atoms with Crippen molar-refractivity contribution in [1.82, 2.24) is 10.3 Å². The molecule has 0 amide bonds. The van der Waals surface area contributed by atoms with E-state index in [0.29, 0.717) is 17.5 Å². The molecule has 2 aromatic rings. The summed E-state index contributed by atoms with van der Waals surface area (Å²) in [5.41, 5.74) is 1.86. The van der Waals surface area contributed by atoms with Crippen LogP contribution in [0, 0.1) is 11.3 Å². The number of rotatable bonds is 4. The fourth-order valence-electron chi connectivity index (χ4n) is 2.53. The van der Waals surface area contributed by atoms with Gasteiger partial charge in [0.1, 0.15) is 23.3 Å². The third kappa shape index (κ3) is 3.41. The highest BCUT2D eigenvalue weighted by Crippen LogP contribution is 2.29. The van der Waals surface area contributed by atoms with Gasteiger partial charge in [-0.25, -0.2) is 0 Å². The number of hydrogen-bond acceptors (Lipinski definition) is 5. The van der Waals surface area contributed by atoms with E-state index in [9.17, 15) is 0 Å². The molecule has 0 bridgehead atoms. The predicted molar refractivity (Wildman–Crippen MR) is 83.4 cm³/mol. The van der Waals surface area contributed by atoms with Crippen molar-refractivity contribution in [3.63, 3.8) is 0 Å². The van der Waals surface area contributed by atoms with Crippen LogP contribution in [-0.2, 0) is 0 Å². The molecule has 0 aromatic carbocycles. The van der Waals surface area contributed by atoms with Crippen LogP contribution in [0.3, 0.4) is 0 Å². The number of nitriles is 1. The fourth-order valence-corrected chi connectivity index (χ4v) is 3.24. The Bertz CT molecular complexity index is 641. The molecule has 21 heavy (non-hydrogen) atoms. The van der Waals surface area contributed by atoms with Crippen LogP contribution in [0.4, 0.5) is 0 Å². The largest absolute Gasteiger partial charge is 0.490 e. The van der Waals surface area contributed by atoms with Gasteiger partial charge in [0, 0.05) is 23.4 Å². The molecule has 108 valence electrons. The lowest BCUT2D eigenvalue weighted by atomic mass is 10.1. The Hall–Kier alpha value is -1.90. The smallest absolute Gasteiger partial charge is 0.138 e. The summed E-state index contributed by atoms with van der Waals surface area (Å²) >= 11 is 1.45. The van der Waals surface area contributed by atoms with Crippen molar-refractivity contribution < 1.29 is 4.74 Å². The van der Waals surface area contributed by atoms with E-state index in [1.54, 1.807) is 12.4 Å². The van der Waals surface area contributed by atoms with Crippen LogP contribution in [-0.4, -0.2) is 24.2 Å². The Balaban J connectivity index is 1.70. The highest BCUT2D eigenvalue weighted by Gasteiger charge is 2.13. The van der Waals surface area contributed by atoms with E-state index in [1.807, 2.05) is 17.5 Å². The maximum Gasteiger partial charge on any atom is 0.138 e. The molecule has 0 spiro atoms. The molecule has 0 radical (unpaired) electrons. The van der Waals surface area contributed by atoms with Crippen LogP contribution in [0.1, 0.15) is 24.1 Å². The molecule has 1 aliphatic rings. The van der Waals surface area contributed by atoms with Gasteiger partial charge in [-0.1, -0.05) is 6.42 Å². The van der Waals surface area contributed by atoms with Crippen LogP contribution in [0.2, 0.25) is 0 Å². The zero-order valence-electron chi connectivity index (χ0n) is 11.7. The minimum atomic E-state index is 0.429. The zero-order chi connectivity index (χ0) is 14.5. The molecule has 1 atom stereocenters. The van der Waals surface area contributed by atoms with Gasteiger partial charge in [0.05, 0.1) is 6.20 Å². The monoisotopic (exact) mass is 299 g/mol. The summed E-state index contributed by atoms with van der Waals surface area (Å²) in [7, 11) is 0. The molecule has 1 saturated heterocycles. The third-order valence-corrected chi connectivity index (χ3v) is 4.47. The van der Waals surface area contributed by atoms with Gasteiger partial charge in [-0.15, -0.1) is 11.3 Å². The molecule has 0 saturated carbocycles. The van der Waals surface area contributed by atoms with Crippen LogP contribution < -0.4 is 10.1 Å². The molecule has 5 heteroatoms. The number of hydrogen-bond donors (Lipinski definition) is 1. The number of thiophene rings is 1. The summed E-state index contributed by atoms with van der Waals surface area (Å²) in [5, 5.41) is 14.5. The SMILES string of the molecule is N#Cc1sccc1-c1cncc(OC[C@@H]2CCCCN2)c1. The van der Waals surface area contributed by atoms with E-state index in [-0.39, 0.29) is 0 Å². The molecular weight excluding hydrogens is 282 g/mol. The molecule has 3 rings (SSSR count). The summed E-state index contributed by atoms with van der Waals surface area (Å²) in [4.78, 5) is 4.94. The molecular formula is C16H17N3OS. The lowest BCUT2D eigenvalue weighted by Gasteiger charge is -2.23. The first kappa shape index (κ1) is 14.1. The number of piperidine rings is 1. The van der Waals surface area contributed by atoms with Gasteiger partial charge in [-0.05, 0) is 36.9 Å². The second-order valence-corrected chi connectivity index (χ2v) is 6.06. The first-order valence-corrected chi connectivity index (χ1v) is 8.04. The Labute approximate surface area is 128 Å². The second-order valence-electron chi connectivity index (χ2n) is 5.14. The molecule has 1 fully saturated rings. The van der Waals surface area contributed by atoms with Crippen molar-refractivity contribution in [2.24, 2.45) is 0 Å². The Morgan fingerprint density at radius 1 is 1.43 bits per heavy atom. The van der Waals surface area contributed by atoms with E-state index in [2.05, 4.69) is 16.4 Å². The maximum absolute atomic E-state index is 9.11. The third-order valence-electron chi connectivity index (χ3n) is 3.65. The minimum absolute atomic E-state index is 0.429. The topological polar surface area (TPSA) is 57.9 Å². The minimum Gasteiger partial charge on any atom is -0.490 e. The van der Waals surface area contributed by atoms with Crippen LogP contribution >= 0.6 is 11.3 Å². The van der Waals surface area contributed by atoms with Gasteiger partial charge in [-0.3, -0.25) is 4.98 Å². The van der Waals surface area contributed by atoms with E-state index in [0.717, 1.165) is 29.8 Å². The fraction of sp³-hybridized carbons (Fsp3) is 0.375. The normalized spacial score (nSPS) is 18.1. The first-order chi connectivity index (χ1) is 10.4. The van der Waals surface area contributed by atoms with E-state index in [4.69, 9.17) is 10.00 Å². The number of pyridine rings is 1. The second kappa shape index (κ2) is 6.70. The standard InChI is InChI=1S/C16H17N3OS/c17-8-16-15(4-6-21-16)12-7-14(10-18-9-12)20-11-13-3-1-2-5-19-13/h4,6-7,9-10,13,19H,1-3,5,11H2/t13-/m0/s1. The number of nitrogens with one attached hydrogen (secondary N) is 1. The lowest BCUT2D eigenvalue weighted by molar-refractivity contribution is 0.238. The number of aromatic nitrogens is 1. The van der Waals surface area contributed by atoms with E-state index >= 15 is 0 Å². The van der Waals surface area contributed by atoms with Gasteiger partial charge < -0.3 is 10.1 Å². The summed E-state index contributed by atoms with van der Waals surface area (Å²) in [6.07, 6.45) is 7.18. The molecule has 2 aromatic heterocycles. The summed E-state index contributed by atoms with van der Waals surface area (Å²) in [5.74, 6) is 0.759. The average Bonchev–Trinajstić information content (AvgIpc) is 3.03. The molecule has 1 N–H and O–H groups in total. The number of nitrogens with zero attached hydrogens (tertiary/aromatic N) is 2. The molecule has 3 heterocycles. The predicted octanol–water partition coefficient (Wildman–Crippen LogP) is 3.20. The van der Waals surface area contributed by atoms with Crippen LogP contribution in [0.25, 0.3) is 11.1 Å². The van der Waals surface area contributed by atoms with Gasteiger partial charge in [0.15, 0.2) is 0 Å². The highest BCUT2D eigenvalue weighted by molar-refractivity contribution is 7.11. The molecule has 1 aliphatic heterocycles. The van der Waals surface area contributed by atoms with Crippen LogP contribution in [0.15, 0.2) is 29.9 Å². The van der Waals surface area contributed by atoms with E-state index in [1.165, 1.54) is 24.2 Å². The Morgan fingerprint density at radius 2 is 2.38 bits per heavy atom. The summed E-state index contributed by atoms with van der Waals surface area (Å²) in [6.45, 7) is 1.74. The lowest BCUT2D eigenvalue weighted by Crippen LogP contribution is -2.38. The van der Waals surface area contributed by atoms with Crippen molar-refractivity contribution in [2.45, 2.75) is 25.3 Å². The first-order valence-electron chi connectivity index (χ1n) is 7.16. The quantitative estimate of drug-likeness (QED) is 0.942. The molecule has 4 nitrogen and oxygen atoms in total. The zero-order valence-corrected chi connectivity index (χ0v) is 12.5. The van der Waals surface area contributed by atoms with Crippen molar-refractivity contribution >= 4 is 11.3 Å². The van der Waals surface area contributed by atoms with Gasteiger partial charge in [0.25, 0.3) is 0 Å². The van der Waals surface area contributed by atoms with Crippen molar-refractivity contribution in [3.05, 3.63) is 34.8 Å². The van der Waals surface area contributed by atoms with Gasteiger partial charge in [-0.2, -0.15) is 5.26 Å². The van der Waals surface area contributed by atoms with Crippen molar-refractivity contribution in [2.75, 3.05) is 13.2 Å². The van der Waals surface area contributed by atoms with Gasteiger partial charge >= 0.3 is 0 Å². The Morgan fingerprint density at radius 3 is 3.19 bits per heavy atom. The number of ether oxygens (including phenoxy) is 1. The molecule has 0 unspecified atom stereocenters. The van der Waals surface area contributed by atoms with E-state index < -0.39 is 0 Å². The van der Waals surface area contributed by atoms with Crippen molar-refractivity contribution in [3.8, 4) is 22.9 Å². The maximum atomic E-state index is 9.11. The summed E-state index contributed by atoms with van der Waals surface area (Å²) in [6, 6.07) is 6.55. The van der Waals surface area contributed by atoms with Crippen LogP contribution in [0.5, 0.6) is 5.75 Å². The highest BCUT2D eigenvalue weighted by atomic mass is 32.1. The molecule has 0 aliphatic carbocycles. The summed E-state index contributed by atoms with van der Waals surface area (Å²) < 4.78 is 5.85. The van der Waals surface area contributed by atoms with Gasteiger partial charge in [0.2, 0.25) is 0 Å². The Kier molecular flexibility index (Phi) is 4.49. The average molecular weight is 299 g/mol. The van der Waals surface area contributed by atoms with Crippen molar-refractivity contribution in [1.29, 1.82) is 5.26 Å².